The van der Waals surface area contributed by atoms with Gasteiger partial charge in [0.15, 0.2) is 0 Å². The number of ether oxygens (including phenoxy) is 2. The highest BCUT2D eigenvalue weighted by atomic mass is 16.5. The molecule has 0 unspecified atom stereocenters. The normalized spacial score (nSPS) is 17.5. The Kier molecular flexibility index (Phi) is 8.02. The van der Waals surface area contributed by atoms with Gasteiger partial charge < -0.3 is 24.6 Å². The van der Waals surface area contributed by atoms with Gasteiger partial charge in [-0.15, -0.1) is 0 Å². The first-order valence-corrected chi connectivity index (χ1v) is 12.1. The number of hydrogen-bond acceptors (Lipinski definition) is 5. The number of hydrogen-bond donors (Lipinski definition) is 1. The summed E-state index contributed by atoms with van der Waals surface area (Å²) in [5, 5.41) is 3.00. The zero-order valence-electron chi connectivity index (χ0n) is 20.4. The second-order valence-electron chi connectivity index (χ2n) is 9.12. The van der Waals surface area contributed by atoms with Crippen molar-refractivity contribution in [1.82, 2.24) is 15.1 Å². The molecule has 2 heterocycles. The van der Waals surface area contributed by atoms with Crippen LogP contribution in [0.2, 0.25) is 0 Å². The lowest BCUT2D eigenvalue weighted by molar-refractivity contribution is -0.139. The molecule has 0 bridgehead atoms. The first-order valence-electron chi connectivity index (χ1n) is 12.1. The Morgan fingerprint density at radius 1 is 0.943 bits per heavy atom. The van der Waals surface area contributed by atoms with Gasteiger partial charge in [0.25, 0.3) is 11.8 Å². The van der Waals surface area contributed by atoms with E-state index in [0.29, 0.717) is 69.1 Å². The van der Waals surface area contributed by atoms with Crippen LogP contribution in [0.15, 0.2) is 48.5 Å². The molecular weight excluding hydrogens is 446 g/mol. The number of benzene rings is 2. The Labute approximate surface area is 206 Å². The number of aryl methyl sites for hydroxylation is 1. The Hall–Kier alpha value is -3.39. The minimum absolute atomic E-state index is 0.0000723. The molecule has 0 spiro atoms. The van der Waals surface area contributed by atoms with E-state index in [0.717, 1.165) is 5.56 Å². The number of nitrogens with one attached hydrogen (secondary N) is 1. The van der Waals surface area contributed by atoms with Crippen LogP contribution in [0.1, 0.15) is 39.1 Å². The van der Waals surface area contributed by atoms with Gasteiger partial charge in [0, 0.05) is 37.3 Å². The molecule has 2 aliphatic heterocycles. The van der Waals surface area contributed by atoms with Crippen molar-refractivity contribution >= 4 is 17.7 Å². The number of nitrogens with zero attached hydrogens (tertiary/aromatic N) is 2. The number of rotatable bonds is 6. The van der Waals surface area contributed by atoms with E-state index in [2.05, 4.69) is 5.32 Å². The molecule has 3 amide bonds. The van der Waals surface area contributed by atoms with Crippen LogP contribution in [-0.2, 0) is 9.53 Å². The van der Waals surface area contributed by atoms with E-state index in [1.807, 2.05) is 36.1 Å². The van der Waals surface area contributed by atoms with Gasteiger partial charge in [-0.2, -0.15) is 0 Å². The molecule has 4 rings (SSSR count). The fraction of sp³-hybridized carbons (Fsp3) is 0.444. The van der Waals surface area contributed by atoms with Crippen LogP contribution in [0.4, 0.5) is 0 Å². The van der Waals surface area contributed by atoms with Crippen LogP contribution in [-0.4, -0.2) is 80.1 Å². The van der Waals surface area contributed by atoms with E-state index in [-0.39, 0.29) is 23.6 Å². The van der Waals surface area contributed by atoms with E-state index < -0.39 is 6.04 Å². The van der Waals surface area contributed by atoms with Crippen molar-refractivity contribution < 1.29 is 23.9 Å². The first kappa shape index (κ1) is 24.7. The molecule has 0 aliphatic carbocycles. The molecule has 2 aromatic carbocycles. The summed E-state index contributed by atoms with van der Waals surface area (Å²) in [4.78, 5) is 43.2. The molecular formula is C27H33N3O5. The molecule has 2 aromatic rings. The maximum atomic E-state index is 13.5. The molecule has 0 aromatic heterocycles. The first-order chi connectivity index (χ1) is 17.0. The Morgan fingerprint density at radius 3 is 2.29 bits per heavy atom. The van der Waals surface area contributed by atoms with Crippen molar-refractivity contribution in [3.63, 3.8) is 0 Å². The largest absolute Gasteiger partial charge is 0.497 e. The van der Waals surface area contributed by atoms with Crippen molar-refractivity contribution in [2.75, 3.05) is 46.5 Å². The van der Waals surface area contributed by atoms with E-state index in [1.165, 1.54) is 0 Å². The number of carbonyl (C=O) groups is 3. The standard InChI is InChI=1S/C27H33N3O5/c1-19-6-8-21(9-7-19)26(32)29-12-10-20(11-13-29)24(27(33)30-14-16-35-17-15-30)28-25(31)22-4-3-5-23(18-22)34-2/h3-9,18,20,24H,10-17H2,1-2H3,(H,28,31)/t24-/m0/s1. The lowest BCUT2D eigenvalue weighted by Crippen LogP contribution is -2.56. The zero-order valence-corrected chi connectivity index (χ0v) is 20.4. The van der Waals surface area contributed by atoms with Crippen LogP contribution in [0, 0.1) is 12.8 Å². The summed E-state index contributed by atoms with van der Waals surface area (Å²) in [7, 11) is 1.55. The van der Waals surface area contributed by atoms with Crippen LogP contribution >= 0.6 is 0 Å². The molecule has 186 valence electrons. The van der Waals surface area contributed by atoms with Gasteiger partial charge in [0.1, 0.15) is 11.8 Å². The SMILES string of the molecule is COc1cccc(C(=O)N[C@H](C(=O)N2CCOCC2)C2CCN(C(=O)c3ccc(C)cc3)CC2)c1. The van der Waals surface area contributed by atoms with Gasteiger partial charge >= 0.3 is 0 Å². The molecule has 2 saturated heterocycles. The van der Waals surface area contributed by atoms with Gasteiger partial charge in [0.05, 0.1) is 20.3 Å². The Morgan fingerprint density at radius 2 is 1.63 bits per heavy atom. The topological polar surface area (TPSA) is 88.2 Å². The maximum absolute atomic E-state index is 13.5. The van der Waals surface area contributed by atoms with Crippen LogP contribution in [0.25, 0.3) is 0 Å². The second-order valence-corrected chi connectivity index (χ2v) is 9.12. The Bertz CT molecular complexity index is 1040. The van der Waals surface area contributed by atoms with Gasteiger partial charge in [-0.3, -0.25) is 14.4 Å². The summed E-state index contributed by atoms with van der Waals surface area (Å²) in [6.45, 7) is 5.07. The maximum Gasteiger partial charge on any atom is 0.253 e. The molecule has 2 aliphatic rings. The third-order valence-electron chi connectivity index (χ3n) is 6.80. The molecule has 1 atom stereocenters. The summed E-state index contributed by atoms with van der Waals surface area (Å²) in [6, 6.07) is 13.8. The third-order valence-corrected chi connectivity index (χ3v) is 6.80. The van der Waals surface area contributed by atoms with Crippen LogP contribution < -0.4 is 10.1 Å². The predicted octanol–water partition coefficient (Wildman–Crippen LogP) is 2.51. The monoisotopic (exact) mass is 479 g/mol. The summed E-state index contributed by atoms with van der Waals surface area (Å²) >= 11 is 0. The Balaban J connectivity index is 1.47. The number of methoxy groups -OCH3 is 1. The fourth-order valence-corrected chi connectivity index (χ4v) is 4.67. The average Bonchev–Trinajstić information content (AvgIpc) is 2.92. The zero-order chi connectivity index (χ0) is 24.8. The molecule has 0 saturated carbocycles. The molecule has 1 N–H and O–H groups in total. The highest BCUT2D eigenvalue weighted by Crippen LogP contribution is 2.25. The van der Waals surface area contributed by atoms with E-state index in [9.17, 15) is 14.4 Å². The molecule has 35 heavy (non-hydrogen) atoms. The summed E-state index contributed by atoms with van der Waals surface area (Å²) in [6.07, 6.45) is 1.27. The highest BCUT2D eigenvalue weighted by molar-refractivity contribution is 5.98. The van der Waals surface area contributed by atoms with Crippen molar-refractivity contribution in [2.45, 2.75) is 25.8 Å². The number of likely N-dealkylation sites (tertiary alicyclic amines) is 1. The van der Waals surface area contributed by atoms with Gasteiger partial charge in [-0.25, -0.2) is 0 Å². The summed E-state index contributed by atoms with van der Waals surface area (Å²) < 4.78 is 10.6. The number of morpholine rings is 1. The third kappa shape index (κ3) is 6.00. The second kappa shape index (κ2) is 11.4. The van der Waals surface area contributed by atoms with Crippen molar-refractivity contribution in [1.29, 1.82) is 0 Å². The van der Waals surface area contributed by atoms with Gasteiger partial charge in [0.2, 0.25) is 5.91 Å². The highest BCUT2D eigenvalue weighted by Gasteiger charge is 2.36. The number of carbonyl (C=O) groups excluding carboxylic acids is 3. The minimum Gasteiger partial charge on any atom is -0.497 e. The van der Waals surface area contributed by atoms with E-state index >= 15 is 0 Å². The minimum atomic E-state index is -0.663. The summed E-state index contributed by atoms with van der Waals surface area (Å²) in [5.74, 6) is 0.111. The lowest BCUT2D eigenvalue weighted by Gasteiger charge is -2.38. The van der Waals surface area contributed by atoms with Crippen LogP contribution in [0.5, 0.6) is 5.75 Å². The predicted molar refractivity (Wildman–Crippen MR) is 131 cm³/mol. The van der Waals surface area contributed by atoms with Crippen LogP contribution in [0.3, 0.4) is 0 Å². The van der Waals surface area contributed by atoms with Crippen molar-refractivity contribution in [2.24, 2.45) is 5.92 Å². The van der Waals surface area contributed by atoms with E-state index in [4.69, 9.17) is 9.47 Å². The average molecular weight is 480 g/mol. The van der Waals surface area contributed by atoms with Crippen molar-refractivity contribution in [3.8, 4) is 5.75 Å². The molecule has 2 fully saturated rings. The number of piperidine rings is 1. The lowest BCUT2D eigenvalue weighted by atomic mass is 9.87. The molecule has 8 heteroatoms. The van der Waals surface area contributed by atoms with E-state index in [1.54, 1.807) is 36.3 Å². The molecule has 0 radical (unpaired) electrons. The quantitative estimate of drug-likeness (QED) is 0.688. The molecule has 8 nitrogen and oxygen atoms in total. The number of amides is 3. The van der Waals surface area contributed by atoms with Gasteiger partial charge in [-0.05, 0) is 56.0 Å². The smallest absolute Gasteiger partial charge is 0.253 e. The van der Waals surface area contributed by atoms with Gasteiger partial charge in [-0.1, -0.05) is 23.8 Å². The van der Waals surface area contributed by atoms with Crippen molar-refractivity contribution in [3.05, 3.63) is 65.2 Å². The summed E-state index contributed by atoms with van der Waals surface area (Å²) in [5.41, 5.74) is 2.22. The fourth-order valence-electron chi connectivity index (χ4n) is 4.67.